The van der Waals surface area contributed by atoms with Crippen molar-refractivity contribution in [1.29, 1.82) is 0 Å². The Morgan fingerprint density at radius 2 is 1.58 bits per heavy atom. The van der Waals surface area contributed by atoms with Crippen molar-refractivity contribution < 1.29 is 17.9 Å². The lowest BCUT2D eigenvalue weighted by Gasteiger charge is -2.37. The zero-order valence-electron chi connectivity index (χ0n) is 20.8. The number of morpholine rings is 1. The van der Waals surface area contributed by atoms with Crippen molar-refractivity contribution in [2.45, 2.75) is 96.1 Å². The zero-order valence-corrected chi connectivity index (χ0v) is 21.6. The van der Waals surface area contributed by atoms with Gasteiger partial charge in [0, 0.05) is 36.4 Å². The Morgan fingerprint density at radius 1 is 1.03 bits per heavy atom. The highest BCUT2D eigenvalue weighted by atomic mass is 32.2. The van der Waals surface area contributed by atoms with Crippen LogP contribution in [0.25, 0.3) is 0 Å². The van der Waals surface area contributed by atoms with Crippen LogP contribution in [0.4, 0.5) is 11.4 Å². The van der Waals surface area contributed by atoms with Gasteiger partial charge in [0.1, 0.15) is 0 Å². The number of hydrogen-bond donors (Lipinski definition) is 2. The minimum absolute atomic E-state index is 0.0182. The van der Waals surface area contributed by atoms with E-state index < -0.39 is 14.8 Å². The fourth-order valence-corrected chi connectivity index (χ4v) is 6.57. The van der Waals surface area contributed by atoms with Gasteiger partial charge in [-0.15, -0.1) is 0 Å². The predicted molar refractivity (Wildman–Crippen MR) is 134 cm³/mol. The van der Waals surface area contributed by atoms with Gasteiger partial charge in [-0.05, 0) is 83.6 Å². The molecule has 33 heavy (non-hydrogen) atoms. The molecule has 1 saturated heterocycles. The molecule has 0 radical (unpaired) electrons. The molecule has 0 aromatic heterocycles. The highest BCUT2D eigenvalue weighted by Crippen LogP contribution is 2.30. The summed E-state index contributed by atoms with van der Waals surface area (Å²) in [6.07, 6.45) is 4.32. The molecule has 1 heterocycles. The molecular weight excluding hydrogens is 438 g/mol. The molecule has 1 aliphatic carbocycles. The van der Waals surface area contributed by atoms with Crippen LogP contribution in [0.5, 0.6) is 0 Å². The number of anilines is 2. The van der Waals surface area contributed by atoms with Crippen LogP contribution in [0, 0.1) is 5.92 Å². The van der Waals surface area contributed by atoms with Crippen molar-refractivity contribution in [3.63, 3.8) is 0 Å². The summed E-state index contributed by atoms with van der Waals surface area (Å²) in [6, 6.07) is 7.91. The van der Waals surface area contributed by atoms with E-state index in [1.807, 2.05) is 38.1 Å². The lowest BCUT2D eigenvalue weighted by atomic mass is 9.86. The van der Waals surface area contributed by atoms with Crippen molar-refractivity contribution >= 4 is 27.3 Å². The maximum atomic E-state index is 12.8. The van der Waals surface area contributed by atoms with Gasteiger partial charge in [-0.2, -0.15) is 0 Å². The quantitative estimate of drug-likeness (QED) is 0.581. The fraction of sp³-hybridized carbons (Fsp3) is 0.720. The lowest BCUT2D eigenvalue weighted by molar-refractivity contribution is -0.120. The molecule has 8 heteroatoms. The van der Waals surface area contributed by atoms with Gasteiger partial charge < -0.3 is 15.0 Å². The normalized spacial score (nSPS) is 26.8. The number of carbonyl (C=O) groups excluding carboxylic acids is 1. The number of ether oxygens (including phenoxy) is 1. The Morgan fingerprint density at radius 3 is 2.09 bits per heavy atom. The topological polar surface area (TPSA) is 87.7 Å². The average Bonchev–Trinajstić information content (AvgIpc) is 2.78. The Kier molecular flexibility index (Phi) is 8.45. The fourth-order valence-electron chi connectivity index (χ4n) is 4.85. The van der Waals surface area contributed by atoms with Crippen LogP contribution in [0.2, 0.25) is 0 Å². The van der Waals surface area contributed by atoms with Gasteiger partial charge in [-0.1, -0.05) is 13.8 Å². The van der Waals surface area contributed by atoms with E-state index >= 15 is 0 Å². The van der Waals surface area contributed by atoms with Crippen molar-refractivity contribution in [2.24, 2.45) is 5.92 Å². The molecule has 0 spiro atoms. The Hall–Kier alpha value is -1.64. The second-order valence-corrected chi connectivity index (χ2v) is 12.3. The third-order valence-electron chi connectivity index (χ3n) is 7.48. The third-order valence-corrected chi connectivity index (χ3v) is 10.0. The van der Waals surface area contributed by atoms with E-state index in [0.29, 0.717) is 38.5 Å². The maximum absolute atomic E-state index is 12.8. The van der Waals surface area contributed by atoms with Gasteiger partial charge in [0.25, 0.3) is 0 Å². The molecule has 1 amide bonds. The Balaban J connectivity index is 1.50. The second kappa shape index (κ2) is 10.7. The van der Waals surface area contributed by atoms with Crippen LogP contribution in [-0.4, -0.2) is 50.4 Å². The van der Waals surface area contributed by atoms with E-state index in [0.717, 1.165) is 24.5 Å². The van der Waals surface area contributed by atoms with E-state index in [9.17, 15) is 13.2 Å². The maximum Gasteiger partial charge on any atom is 0.227 e. The molecule has 2 N–H and O–H groups in total. The molecule has 2 fully saturated rings. The minimum atomic E-state index is -3.39. The zero-order chi connectivity index (χ0) is 24.2. The smallest absolute Gasteiger partial charge is 0.227 e. The molecular formula is C25H41N3O4S. The minimum Gasteiger partial charge on any atom is -0.372 e. The number of nitrogens with zero attached hydrogens (tertiary/aromatic N) is 1. The van der Waals surface area contributed by atoms with Crippen LogP contribution < -0.4 is 14.9 Å². The summed E-state index contributed by atoms with van der Waals surface area (Å²) in [7, 11) is -3.39. The SMILES string of the molecule is CCC(C)(CC)S(=O)(=O)NC1CCC(C(=O)Nc2ccc(N3C[C@@H](C)O[C@@H](C)C3)cc2)CC1. The first kappa shape index (κ1) is 26.0. The molecule has 0 bridgehead atoms. The van der Waals surface area contributed by atoms with Crippen LogP contribution >= 0.6 is 0 Å². The first-order valence-corrected chi connectivity index (χ1v) is 13.9. The summed E-state index contributed by atoms with van der Waals surface area (Å²) in [6.45, 7) is 11.5. The van der Waals surface area contributed by atoms with Gasteiger partial charge in [-0.3, -0.25) is 4.79 Å². The monoisotopic (exact) mass is 479 g/mol. The average molecular weight is 480 g/mol. The van der Waals surface area contributed by atoms with Crippen molar-refractivity contribution in [1.82, 2.24) is 4.72 Å². The molecule has 186 valence electrons. The molecule has 2 aliphatic rings. The highest BCUT2D eigenvalue weighted by molar-refractivity contribution is 7.90. The van der Waals surface area contributed by atoms with E-state index in [2.05, 4.69) is 28.8 Å². The molecule has 1 aliphatic heterocycles. The van der Waals surface area contributed by atoms with Crippen LogP contribution in [0.1, 0.15) is 73.1 Å². The first-order chi connectivity index (χ1) is 15.6. The molecule has 3 rings (SSSR count). The van der Waals surface area contributed by atoms with Crippen LogP contribution in [-0.2, 0) is 19.6 Å². The number of carbonyl (C=O) groups is 1. The van der Waals surface area contributed by atoms with E-state index in [1.54, 1.807) is 6.92 Å². The van der Waals surface area contributed by atoms with E-state index in [4.69, 9.17) is 4.74 Å². The molecule has 0 unspecified atom stereocenters. The molecule has 2 atom stereocenters. The first-order valence-electron chi connectivity index (χ1n) is 12.4. The Labute approximate surface area is 199 Å². The summed E-state index contributed by atoms with van der Waals surface area (Å²) < 4.78 is 33.6. The number of sulfonamides is 1. The standard InChI is InChI=1S/C25H41N3O4S/c1-6-25(5,7-2)33(30,31)27-22-10-8-20(9-11-22)24(29)26-21-12-14-23(15-13-21)28-16-18(3)32-19(4)17-28/h12-15,18-20,22,27H,6-11,16-17H2,1-5H3,(H,26,29)/t18-,19+,20?,22?. The van der Waals surface area contributed by atoms with Gasteiger partial charge in [-0.25, -0.2) is 13.1 Å². The Bertz CT molecular complexity index is 881. The number of hydrogen-bond acceptors (Lipinski definition) is 5. The van der Waals surface area contributed by atoms with Gasteiger partial charge >= 0.3 is 0 Å². The number of nitrogens with one attached hydrogen (secondary N) is 2. The van der Waals surface area contributed by atoms with Crippen LogP contribution in [0.15, 0.2) is 24.3 Å². The van der Waals surface area contributed by atoms with Gasteiger partial charge in [0.2, 0.25) is 15.9 Å². The summed E-state index contributed by atoms with van der Waals surface area (Å²) >= 11 is 0. The summed E-state index contributed by atoms with van der Waals surface area (Å²) in [5, 5.41) is 3.04. The van der Waals surface area contributed by atoms with Gasteiger partial charge in [0.15, 0.2) is 0 Å². The molecule has 7 nitrogen and oxygen atoms in total. The summed E-state index contributed by atoms with van der Waals surface area (Å²) in [4.78, 5) is 15.1. The largest absolute Gasteiger partial charge is 0.372 e. The molecule has 1 aromatic rings. The predicted octanol–water partition coefficient (Wildman–Crippen LogP) is 4.30. The number of amides is 1. The second-order valence-electron chi connectivity index (χ2n) is 10.0. The third kappa shape index (κ3) is 6.28. The van der Waals surface area contributed by atoms with Crippen molar-refractivity contribution in [3.05, 3.63) is 24.3 Å². The number of benzene rings is 1. The number of rotatable bonds is 8. The summed E-state index contributed by atoms with van der Waals surface area (Å²) in [5.74, 6) is -0.0697. The highest BCUT2D eigenvalue weighted by Gasteiger charge is 2.38. The lowest BCUT2D eigenvalue weighted by Crippen LogP contribution is -2.48. The molecule has 1 saturated carbocycles. The van der Waals surface area contributed by atoms with Gasteiger partial charge in [0.05, 0.1) is 17.0 Å². The van der Waals surface area contributed by atoms with Crippen molar-refractivity contribution in [3.8, 4) is 0 Å². The van der Waals surface area contributed by atoms with E-state index in [1.165, 1.54) is 0 Å². The van der Waals surface area contributed by atoms with Crippen molar-refractivity contribution in [2.75, 3.05) is 23.3 Å². The van der Waals surface area contributed by atoms with E-state index in [-0.39, 0.29) is 30.1 Å². The molecule has 1 aromatic carbocycles. The summed E-state index contributed by atoms with van der Waals surface area (Å²) in [5.41, 5.74) is 1.93. The van der Waals surface area contributed by atoms with Crippen LogP contribution in [0.3, 0.4) is 0 Å².